The Morgan fingerprint density at radius 2 is 2.29 bits per heavy atom. The summed E-state index contributed by atoms with van der Waals surface area (Å²) in [5, 5.41) is 6.07. The van der Waals surface area contributed by atoms with Crippen LogP contribution in [0.25, 0.3) is 0 Å². The van der Waals surface area contributed by atoms with Crippen LogP contribution >= 0.6 is 0 Å². The predicted molar refractivity (Wildman–Crippen MR) is 82.1 cm³/mol. The third kappa shape index (κ3) is 4.61. The SMILES string of the molecule is CN(C)CCOCCNC(=O)c1cccc2c1OCCN2. The number of fused-ring (bicyclic) bond motifs is 1. The summed E-state index contributed by atoms with van der Waals surface area (Å²) >= 11 is 0. The van der Waals surface area contributed by atoms with Crippen LogP contribution in [0, 0.1) is 0 Å². The highest BCUT2D eigenvalue weighted by Gasteiger charge is 2.18. The number of rotatable bonds is 7. The van der Waals surface area contributed by atoms with Crippen LogP contribution in [-0.4, -0.2) is 64.4 Å². The maximum atomic E-state index is 12.2. The fraction of sp³-hybridized carbons (Fsp3) is 0.533. The molecule has 21 heavy (non-hydrogen) atoms. The molecule has 0 saturated carbocycles. The lowest BCUT2D eigenvalue weighted by Crippen LogP contribution is -2.29. The second kappa shape index (κ2) is 7.85. The summed E-state index contributed by atoms with van der Waals surface area (Å²) in [6.07, 6.45) is 0. The number of nitrogens with one attached hydrogen (secondary N) is 2. The van der Waals surface area contributed by atoms with Gasteiger partial charge in [0.15, 0.2) is 5.75 Å². The van der Waals surface area contributed by atoms with Crippen molar-refractivity contribution in [3.63, 3.8) is 0 Å². The molecule has 0 aromatic heterocycles. The number of ether oxygens (including phenoxy) is 2. The average Bonchev–Trinajstić information content (AvgIpc) is 2.49. The zero-order chi connectivity index (χ0) is 15.1. The molecule has 2 N–H and O–H groups in total. The third-order valence-corrected chi connectivity index (χ3v) is 3.14. The number of likely N-dealkylation sites (N-methyl/N-ethyl adjacent to an activating group) is 1. The van der Waals surface area contributed by atoms with Gasteiger partial charge in [0.05, 0.1) is 24.5 Å². The van der Waals surface area contributed by atoms with Crippen molar-refractivity contribution in [1.82, 2.24) is 10.2 Å². The summed E-state index contributed by atoms with van der Waals surface area (Å²) in [4.78, 5) is 14.2. The largest absolute Gasteiger partial charge is 0.489 e. The lowest BCUT2D eigenvalue weighted by molar-refractivity contribution is 0.0896. The molecule has 0 unspecified atom stereocenters. The van der Waals surface area contributed by atoms with E-state index in [4.69, 9.17) is 9.47 Å². The maximum absolute atomic E-state index is 12.2. The van der Waals surface area contributed by atoms with Crippen LogP contribution < -0.4 is 15.4 Å². The molecule has 1 aliphatic heterocycles. The molecule has 1 aliphatic rings. The molecule has 1 aromatic rings. The molecule has 0 spiro atoms. The Bertz CT molecular complexity index is 477. The first-order chi connectivity index (χ1) is 10.2. The minimum atomic E-state index is -0.133. The van der Waals surface area contributed by atoms with Crippen molar-refractivity contribution in [1.29, 1.82) is 0 Å². The maximum Gasteiger partial charge on any atom is 0.255 e. The fourth-order valence-corrected chi connectivity index (χ4v) is 2.03. The number of anilines is 1. The first-order valence-corrected chi connectivity index (χ1v) is 7.19. The molecule has 1 amide bonds. The fourth-order valence-electron chi connectivity index (χ4n) is 2.03. The molecular formula is C15H23N3O3. The van der Waals surface area contributed by atoms with Gasteiger partial charge in [-0.15, -0.1) is 0 Å². The lowest BCUT2D eigenvalue weighted by Gasteiger charge is -2.21. The third-order valence-electron chi connectivity index (χ3n) is 3.14. The number of amides is 1. The molecule has 0 atom stereocenters. The van der Waals surface area contributed by atoms with E-state index >= 15 is 0 Å². The van der Waals surface area contributed by atoms with E-state index in [1.807, 2.05) is 26.2 Å². The van der Waals surface area contributed by atoms with Gasteiger partial charge in [-0.1, -0.05) is 6.07 Å². The molecule has 6 heteroatoms. The smallest absolute Gasteiger partial charge is 0.255 e. The Balaban J connectivity index is 1.79. The van der Waals surface area contributed by atoms with E-state index in [0.29, 0.717) is 37.7 Å². The summed E-state index contributed by atoms with van der Waals surface area (Å²) in [6, 6.07) is 5.53. The average molecular weight is 293 g/mol. The van der Waals surface area contributed by atoms with Crippen LogP contribution in [0.5, 0.6) is 5.75 Å². The van der Waals surface area contributed by atoms with Crippen LogP contribution in [0.2, 0.25) is 0 Å². The van der Waals surface area contributed by atoms with E-state index in [0.717, 1.165) is 18.8 Å². The van der Waals surface area contributed by atoms with Gasteiger partial charge in [-0.3, -0.25) is 4.79 Å². The van der Waals surface area contributed by atoms with E-state index in [1.54, 1.807) is 6.07 Å². The summed E-state index contributed by atoms with van der Waals surface area (Å²) in [5.74, 6) is 0.501. The van der Waals surface area contributed by atoms with Crippen molar-refractivity contribution >= 4 is 11.6 Å². The number of nitrogens with zero attached hydrogens (tertiary/aromatic N) is 1. The van der Waals surface area contributed by atoms with Gasteiger partial charge < -0.3 is 25.0 Å². The molecule has 2 rings (SSSR count). The number of carbonyl (C=O) groups is 1. The second-order valence-electron chi connectivity index (χ2n) is 5.13. The Kier molecular flexibility index (Phi) is 5.83. The van der Waals surface area contributed by atoms with Gasteiger partial charge in [0.25, 0.3) is 5.91 Å². The highest BCUT2D eigenvalue weighted by molar-refractivity contribution is 5.98. The predicted octanol–water partition coefficient (Wildman–Crippen LogP) is 0.799. The molecule has 1 aromatic carbocycles. The van der Waals surface area contributed by atoms with Gasteiger partial charge in [0.2, 0.25) is 0 Å². The molecular weight excluding hydrogens is 270 g/mol. The lowest BCUT2D eigenvalue weighted by atomic mass is 10.1. The first kappa shape index (κ1) is 15.6. The van der Waals surface area contributed by atoms with Gasteiger partial charge in [-0.25, -0.2) is 0 Å². The Morgan fingerprint density at radius 3 is 3.10 bits per heavy atom. The first-order valence-electron chi connectivity index (χ1n) is 7.19. The van der Waals surface area contributed by atoms with Crippen molar-refractivity contribution in [2.75, 3.05) is 58.9 Å². The van der Waals surface area contributed by atoms with Crippen LogP contribution in [0.1, 0.15) is 10.4 Å². The summed E-state index contributed by atoms with van der Waals surface area (Å²) < 4.78 is 11.0. The highest BCUT2D eigenvalue weighted by atomic mass is 16.5. The van der Waals surface area contributed by atoms with Crippen molar-refractivity contribution in [2.45, 2.75) is 0 Å². The van der Waals surface area contributed by atoms with E-state index < -0.39 is 0 Å². The van der Waals surface area contributed by atoms with Crippen LogP contribution in [0.15, 0.2) is 18.2 Å². The number of para-hydroxylation sites is 1. The highest BCUT2D eigenvalue weighted by Crippen LogP contribution is 2.30. The van der Waals surface area contributed by atoms with Gasteiger partial charge in [-0.2, -0.15) is 0 Å². The summed E-state index contributed by atoms with van der Waals surface area (Å²) in [5.41, 5.74) is 1.43. The molecule has 6 nitrogen and oxygen atoms in total. The number of carbonyl (C=O) groups excluding carboxylic acids is 1. The molecule has 0 saturated heterocycles. The van der Waals surface area contributed by atoms with E-state index in [1.165, 1.54) is 0 Å². The van der Waals surface area contributed by atoms with Crippen molar-refractivity contribution in [3.05, 3.63) is 23.8 Å². The number of benzene rings is 1. The molecule has 1 heterocycles. The van der Waals surface area contributed by atoms with Gasteiger partial charge >= 0.3 is 0 Å². The van der Waals surface area contributed by atoms with E-state index in [-0.39, 0.29) is 5.91 Å². The Morgan fingerprint density at radius 1 is 1.43 bits per heavy atom. The van der Waals surface area contributed by atoms with Crippen molar-refractivity contribution in [3.8, 4) is 5.75 Å². The summed E-state index contributed by atoms with van der Waals surface area (Å²) in [6.45, 7) is 3.87. The van der Waals surface area contributed by atoms with Crippen LogP contribution in [0.4, 0.5) is 5.69 Å². The second-order valence-corrected chi connectivity index (χ2v) is 5.13. The summed E-state index contributed by atoms with van der Waals surface area (Å²) in [7, 11) is 4.00. The quantitative estimate of drug-likeness (QED) is 0.728. The number of hydrogen-bond acceptors (Lipinski definition) is 5. The van der Waals surface area contributed by atoms with Gasteiger partial charge in [-0.05, 0) is 26.2 Å². The molecule has 0 bridgehead atoms. The molecule has 0 fully saturated rings. The monoisotopic (exact) mass is 293 g/mol. The molecule has 0 radical (unpaired) electrons. The Labute approximate surface area is 125 Å². The van der Waals surface area contributed by atoms with Gasteiger partial charge in [0, 0.05) is 19.6 Å². The standard InChI is InChI=1S/C15H23N3O3/c1-18(2)8-11-20-9-6-17-15(19)12-4-3-5-13-14(12)21-10-7-16-13/h3-5,16H,6-11H2,1-2H3,(H,17,19). The Hall–Kier alpha value is -1.79. The van der Waals surface area contributed by atoms with Gasteiger partial charge in [0.1, 0.15) is 6.61 Å². The van der Waals surface area contributed by atoms with Crippen molar-refractivity contribution in [2.24, 2.45) is 0 Å². The molecule has 0 aliphatic carbocycles. The zero-order valence-electron chi connectivity index (χ0n) is 12.6. The number of hydrogen-bond donors (Lipinski definition) is 2. The minimum absolute atomic E-state index is 0.133. The minimum Gasteiger partial charge on any atom is -0.489 e. The van der Waals surface area contributed by atoms with Crippen LogP contribution in [0.3, 0.4) is 0 Å². The normalized spacial score (nSPS) is 13.3. The molecule has 116 valence electrons. The van der Waals surface area contributed by atoms with E-state index in [2.05, 4.69) is 15.5 Å². The van der Waals surface area contributed by atoms with Crippen molar-refractivity contribution < 1.29 is 14.3 Å². The van der Waals surface area contributed by atoms with Crippen LogP contribution in [-0.2, 0) is 4.74 Å². The zero-order valence-corrected chi connectivity index (χ0v) is 12.6. The topological polar surface area (TPSA) is 62.8 Å². The van der Waals surface area contributed by atoms with E-state index in [9.17, 15) is 4.79 Å².